The molecule has 0 aliphatic rings. The molecule has 0 bridgehead atoms. The number of benzene rings is 1. The van der Waals surface area contributed by atoms with Gasteiger partial charge in [-0.05, 0) is 71.1 Å². The van der Waals surface area contributed by atoms with E-state index in [1.54, 1.807) is 32.9 Å². The molecule has 0 heterocycles. The molecule has 3 amide bonds. The lowest BCUT2D eigenvalue weighted by atomic mass is 9.98. The summed E-state index contributed by atoms with van der Waals surface area (Å²) in [6.45, 7) is 15.2. The van der Waals surface area contributed by atoms with E-state index in [-0.39, 0.29) is 29.5 Å². The quantitative estimate of drug-likeness (QED) is 0.434. The summed E-state index contributed by atoms with van der Waals surface area (Å²) < 4.78 is 5.39. The van der Waals surface area contributed by atoms with Gasteiger partial charge in [-0.15, -0.1) is 0 Å². The van der Waals surface area contributed by atoms with Crippen LogP contribution < -0.4 is 10.6 Å². The SMILES string of the molecule is CCCCN(C(=O)C(CC(C)C)NC(=O)OC(C)(C)C)C(C(=O)NC(C)C)c1cccc(O)c1. The molecule has 1 rings (SSSR count). The van der Waals surface area contributed by atoms with Crippen LogP contribution in [0.25, 0.3) is 0 Å². The summed E-state index contributed by atoms with van der Waals surface area (Å²) >= 11 is 0. The number of nitrogens with one attached hydrogen (secondary N) is 2. The Morgan fingerprint density at radius 2 is 1.74 bits per heavy atom. The third kappa shape index (κ3) is 10.0. The van der Waals surface area contributed by atoms with Crippen molar-refractivity contribution >= 4 is 17.9 Å². The first-order valence-corrected chi connectivity index (χ1v) is 12.1. The molecule has 0 saturated carbocycles. The Bertz CT molecular complexity index is 817. The highest BCUT2D eigenvalue weighted by molar-refractivity contribution is 5.92. The fourth-order valence-corrected chi connectivity index (χ4v) is 3.57. The highest BCUT2D eigenvalue weighted by Crippen LogP contribution is 2.27. The summed E-state index contributed by atoms with van der Waals surface area (Å²) in [5.41, 5.74) is -0.207. The molecule has 192 valence electrons. The van der Waals surface area contributed by atoms with Gasteiger partial charge in [0.1, 0.15) is 23.4 Å². The largest absolute Gasteiger partial charge is 0.508 e. The minimum atomic E-state index is -0.955. The van der Waals surface area contributed by atoms with Gasteiger partial charge >= 0.3 is 6.09 Å². The standard InChI is InChI=1S/C26H43N3O5/c1-9-10-14-29(22(23(31)27-18(4)5)19-12-11-13-20(30)16-19)24(32)21(15-17(2)3)28-25(33)34-26(6,7)8/h11-13,16-18,21-22,30H,9-10,14-15H2,1-8H3,(H,27,31)(H,28,33). The number of unbranched alkanes of at least 4 members (excludes halogenated alkanes) is 1. The average molecular weight is 478 g/mol. The van der Waals surface area contributed by atoms with Gasteiger partial charge in [0, 0.05) is 12.6 Å². The number of rotatable bonds is 11. The predicted octanol–water partition coefficient (Wildman–Crippen LogP) is 4.53. The van der Waals surface area contributed by atoms with Crippen molar-refractivity contribution in [2.75, 3.05) is 6.54 Å². The van der Waals surface area contributed by atoms with Gasteiger partial charge in [0.15, 0.2) is 0 Å². The zero-order chi connectivity index (χ0) is 26.1. The van der Waals surface area contributed by atoms with E-state index in [4.69, 9.17) is 4.74 Å². The van der Waals surface area contributed by atoms with Gasteiger partial charge in [-0.2, -0.15) is 0 Å². The van der Waals surface area contributed by atoms with Crippen molar-refractivity contribution in [2.24, 2.45) is 5.92 Å². The molecule has 2 atom stereocenters. The van der Waals surface area contributed by atoms with Crippen molar-refractivity contribution in [3.8, 4) is 5.75 Å². The van der Waals surface area contributed by atoms with E-state index in [1.165, 1.54) is 17.0 Å². The van der Waals surface area contributed by atoms with E-state index in [2.05, 4.69) is 10.6 Å². The molecule has 1 aromatic carbocycles. The second kappa shape index (κ2) is 13.2. The average Bonchev–Trinajstić information content (AvgIpc) is 2.67. The molecule has 8 heteroatoms. The number of nitrogens with zero attached hydrogens (tertiary/aromatic N) is 1. The van der Waals surface area contributed by atoms with E-state index in [0.717, 1.165) is 6.42 Å². The van der Waals surface area contributed by atoms with Crippen molar-refractivity contribution < 1.29 is 24.2 Å². The molecule has 0 aromatic heterocycles. The fraction of sp³-hybridized carbons (Fsp3) is 0.654. The van der Waals surface area contributed by atoms with E-state index < -0.39 is 23.8 Å². The third-order valence-corrected chi connectivity index (χ3v) is 4.91. The Kier molecular flexibility index (Phi) is 11.4. The van der Waals surface area contributed by atoms with Gasteiger partial charge in [-0.1, -0.05) is 39.3 Å². The van der Waals surface area contributed by atoms with Gasteiger partial charge in [0.2, 0.25) is 11.8 Å². The second-order valence-corrected chi connectivity index (χ2v) is 10.4. The molecular weight excluding hydrogens is 434 g/mol. The van der Waals surface area contributed by atoms with Crippen LogP contribution in [-0.4, -0.2) is 52.1 Å². The number of alkyl carbamates (subject to hydrolysis) is 1. The Morgan fingerprint density at radius 1 is 1.09 bits per heavy atom. The first-order valence-electron chi connectivity index (χ1n) is 12.1. The number of hydrogen-bond donors (Lipinski definition) is 3. The van der Waals surface area contributed by atoms with Crippen molar-refractivity contribution in [2.45, 2.75) is 98.4 Å². The van der Waals surface area contributed by atoms with Crippen LogP contribution in [0.15, 0.2) is 24.3 Å². The summed E-state index contributed by atoms with van der Waals surface area (Å²) in [5, 5.41) is 15.7. The number of phenolic OH excluding ortho intramolecular Hbond substituents is 1. The van der Waals surface area contributed by atoms with Crippen LogP contribution in [0, 0.1) is 5.92 Å². The van der Waals surface area contributed by atoms with Gasteiger partial charge in [0.05, 0.1) is 0 Å². The van der Waals surface area contributed by atoms with Crippen LogP contribution >= 0.6 is 0 Å². The lowest BCUT2D eigenvalue weighted by Crippen LogP contribution is -2.54. The number of carbonyl (C=O) groups excluding carboxylic acids is 3. The number of phenols is 1. The maximum absolute atomic E-state index is 13.9. The Morgan fingerprint density at radius 3 is 2.24 bits per heavy atom. The summed E-state index contributed by atoms with van der Waals surface area (Å²) in [5.74, 6) is -0.583. The molecular formula is C26H43N3O5. The third-order valence-electron chi connectivity index (χ3n) is 4.91. The first kappa shape index (κ1) is 29.3. The molecule has 0 aliphatic heterocycles. The molecule has 34 heavy (non-hydrogen) atoms. The van der Waals surface area contributed by atoms with Gasteiger partial charge in [0.25, 0.3) is 0 Å². The summed E-state index contributed by atoms with van der Waals surface area (Å²) in [6.07, 6.45) is 1.20. The first-order chi connectivity index (χ1) is 15.7. The molecule has 0 saturated heterocycles. The maximum Gasteiger partial charge on any atom is 0.408 e. The van der Waals surface area contributed by atoms with Crippen LogP contribution in [0.5, 0.6) is 5.75 Å². The van der Waals surface area contributed by atoms with E-state index in [9.17, 15) is 19.5 Å². The molecule has 2 unspecified atom stereocenters. The Balaban J connectivity index is 3.44. The van der Waals surface area contributed by atoms with Gasteiger partial charge in [-0.3, -0.25) is 9.59 Å². The van der Waals surface area contributed by atoms with Gasteiger partial charge in [-0.25, -0.2) is 4.79 Å². The normalized spacial score (nSPS) is 13.4. The molecule has 3 N–H and O–H groups in total. The van der Waals surface area contributed by atoms with Crippen molar-refractivity contribution in [1.82, 2.24) is 15.5 Å². The van der Waals surface area contributed by atoms with Crippen molar-refractivity contribution in [1.29, 1.82) is 0 Å². The van der Waals surface area contributed by atoms with Crippen LogP contribution in [0.3, 0.4) is 0 Å². The molecule has 0 spiro atoms. The topological polar surface area (TPSA) is 108 Å². The summed E-state index contributed by atoms with van der Waals surface area (Å²) in [6, 6.07) is 4.42. The number of ether oxygens (including phenoxy) is 1. The summed E-state index contributed by atoms with van der Waals surface area (Å²) in [4.78, 5) is 41.3. The highest BCUT2D eigenvalue weighted by atomic mass is 16.6. The van der Waals surface area contributed by atoms with Crippen LogP contribution in [0.4, 0.5) is 4.79 Å². The molecule has 1 aromatic rings. The summed E-state index contributed by atoms with van der Waals surface area (Å²) in [7, 11) is 0. The minimum absolute atomic E-state index is 0.00773. The van der Waals surface area contributed by atoms with E-state index >= 15 is 0 Å². The smallest absolute Gasteiger partial charge is 0.408 e. The van der Waals surface area contributed by atoms with Crippen LogP contribution in [0.2, 0.25) is 0 Å². The number of hydrogen-bond acceptors (Lipinski definition) is 5. The fourth-order valence-electron chi connectivity index (χ4n) is 3.57. The Labute approximate surface area is 204 Å². The van der Waals surface area contributed by atoms with Crippen LogP contribution in [-0.2, 0) is 14.3 Å². The monoisotopic (exact) mass is 477 g/mol. The zero-order valence-corrected chi connectivity index (χ0v) is 22.0. The number of carbonyl (C=O) groups is 3. The molecule has 0 aliphatic carbocycles. The minimum Gasteiger partial charge on any atom is -0.508 e. The maximum atomic E-state index is 13.9. The highest BCUT2D eigenvalue weighted by Gasteiger charge is 2.36. The van der Waals surface area contributed by atoms with E-state index in [1.807, 2.05) is 34.6 Å². The Hall–Kier alpha value is -2.77. The zero-order valence-electron chi connectivity index (χ0n) is 22.0. The van der Waals surface area contributed by atoms with Gasteiger partial charge < -0.3 is 25.4 Å². The van der Waals surface area contributed by atoms with Crippen LogP contribution in [0.1, 0.15) is 86.3 Å². The molecule has 0 radical (unpaired) electrons. The predicted molar refractivity (Wildman–Crippen MR) is 133 cm³/mol. The lowest BCUT2D eigenvalue weighted by molar-refractivity contribution is -0.143. The van der Waals surface area contributed by atoms with Crippen molar-refractivity contribution in [3.05, 3.63) is 29.8 Å². The van der Waals surface area contributed by atoms with Crippen molar-refractivity contribution in [3.63, 3.8) is 0 Å². The lowest BCUT2D eigenvalue weighted by Gasteiger charge is -2.35. The second-order valence-electron chi connectivity index (χ2n) is 10.4. The number of amides is 3. The molecule has 8 nitrogen and oxygen atoms in total. The number of aromatic hydroxyl groups is 1. The van der Waals surface area contributed by atoms with E-state index in [0.29, 0.717) is 24.9 Å². The molecule has 0 fully saturated rings.